The summed E-state index contributed by atoms with van der Waals surface area (Å²) in [6.07, 6.45) is 26.0. The number of ether oxygens (including phenoxy) is 1. The van der Waals surface area contributed by atoms with Crippen molar-refractivity contribution in [3.63, 3.8) is 0 Å². The van der Waals surface area contributed by atoms with Gasteiger partial charge in [-0.05, 0) is 110 Å². The molecule has 2 saturated carbocycles. The first-order valence-electron chi connectivity index (χ1n) is 14.4. The largest absolute Gasteiger partial charge is 0.359 e. The summed E-state index contributed by atoms with van der Waals surface area (Å²) in [5.74, 6) is 1.38. The Hall–Kier alpha value is -1.71. The number of hydrogen-bond donors (Lipinski definition) is 1. The van der Waals surface area contributed by atoms with Gasteiger partial charge < -0.3 is 10.1 Å². The van der Waals surface area contributed by atoms with E-state index in [1.54, 1.807) is 11.1 Å². The van der Waals surface area contributed by atoms with Gasteiger partial charge in [0.25, 0.3) is 0 Å². The second-order valence-electron chi connectivity index (χ2n) is 12.7. The fourth-order valence-electron chi connectivity index (χ4n) is 8.76. The highest BCUT2D eigenvalue weighted by atomic mass is 16.5. The molecule has 1 aromatic rings. The van der Waals surface area contributed by atoms with Gasteiger partial charge in [-0.15, -0.1) is 0 Å². The Balaban J connectivity index is 1.24. The van der Waals surface area contributed by atoms with Gasteiger partial charge >= 0.3 is 0 Å². The summed E-state index contributed by atoms with van der Waals surface area (Å²) in [6, 6.07) is 3.29. The Labute approximate surface area is 212 Å². The Kier molecular flexibility index (Phi) is 5.88. The number of aryl methyl sites for hydroxylation is 1. The zero-order chi connectivity index (χ0) is 24.3. The van der Waals surface area contributed by atoms with Crippen LogP contribution in [0.15, 0.2) is 47.8 Å². The topological polar surface area (TPSA) is 34.2 Å². The van der Waals surface area contributed by atoms with Crippen molar-refractivity contribution >= 4 is 6.08 Å². The van der Waals surface area contributed by atoms with Crippen LogP contribution in [0.4, 0.5) is 0 Å². The third-order valence-corrected chi connectivity index (χ3v) is 10.5. The first-order chi connectivity index (χ1) is 16.9. The number of pyridine rings is 1. The first-order valence-corrected chi connectivity index (χ1v) is 14.4. The molecule has 2 aliphatic heterocycles. The first kappa shape index (κ1) is 23.7. The highest BCUT2D eigenvalue weighted by molar-refractivity contribution is 5.53. The van der Waals surface area contributed by atoms with Gasteiger partial charge in [0.1, 0.15) is 0 Å². The second kappa shape index (κ2) is 8.70. The number of hydrogen-bond acceptors (Lipinski definition) is 3. The van der Waals surface area contributed by atoms with E-state index in [0.717, 1.165) is 18.8 Å². The number of aromatic nitrogens is 1. The highest BCUT2D eigenvalue weighted by Gasteiger charge is 2.66. The smallest absolute Gasteiger partial charge is 0.0974 e. The van der Waals surface area contributed by atoms with Gasteiger partial charge in [-0.2, -0.15) is 0 Å². The number of rotatable bonds is 6. The van der Waals surface area contributed by atoms with Gasteiger partial charge in [0.05, 0.1) is 11.2 Å². The van der Waals surface area contributed by atoms with E-state index >= 15 is 0 Å². The van der Waals surface area contributed by atoms with Crippen molar-refractivity contribution in [2.45, 2.75) is 115 Å². The summed E-state index contributed by atoms with van der Waals surface area (Å²) in [5.41, 5.74) is 6.12. The number of nitrogens with zero attached hydrogens (tertiary/aromatic N) is 1. The predicted molar refractivity (Wildman–Crippen MR) is 144 cm³/mol. The van der Waals surface area contributed by atoms with Crippen molar-refractivity contribution < 1.29 is 4.74 Å². The summed E-state index contributed by atoms with van der Waals surface area (Å²) in [6.45, 7) is 9.36. The van der Waals surface area contributed by atoms with Crippen molar-refractivity contribution in [2.24, 2.45) is 17.3 Å². The van der Waals surface area contributed by atoms with Crippen molar-refractivity contribution in [1.82, 2.24) is 10.3 Å². The SMILES string of the molecule is CCc1cnccc1/C=C\CC1CC[C@@H]2C1(C)CC=C1C=C3CCC(NC(C)C)C[C@]34CC[C@@]12O4. The normalized spacial score (nSPS) is 39.9. The summed E-state index contributed by atoms with van der Waals surface area (Å²) >= 11 is 0. The molecule has 6 atom stereocenters. The summed E-state index contributed by atoms with van der Waals surface area (Å²) in [5, 5.41) is 3.83. The van der Waals surface area contributed by atoms with E-state index in [-0.39, 0.29) is 11.2 Å². The van der Waals surface area contributed by atoms with Gasteiger partial charge in [-0.25, -0.2) is 0 Å². The molecular weight excluding hydrogens is 428 g/mol. The van der Waals surface area contributed by atoms with Gasteiger partial charge in [0, 0.05) is 24.5 Å². The van der Waals surface area contributed by atoms with Crippen LogP contribution in [0.3, 0.4) is 0 Å². The Morgan fingerprint density at radius 2 is 2.11 bits per heavy atom. The molecule has 3 fully saturated rings. The quantitative estimate of drug-likeness (QED) is 0.476. The van der Waals surface area contributed by atoms with Crippen molar-refractivity contribution in [2.75, 3.05) is 0 Å². The maximum absolute atomic E-state index is 7.42. The lowest BCUT2D eigenvalue weighted by Gasteiger charge is -2.54. The molecule has 0 aromatic carbocycles. The Morgan fingerprint density at radius 3 is 2.94 bits per heavy atom. The monoisotopic (exact) mass is 472 g/mol. The summed E-state index contributed by atoms with van der Waals surface area (Å²) < 4.78 is 7.42. The van der Waals surface area contributed by atoms with Crippen LogP contribution >= 0.6 is 0 Å². The van der Waals surface area contributed by atoms with Crippen LogP contribution in [0.25, 0.3) is 6.08 Å². The van der Waals surface area contributed by atoms with Crippen LogP contribution in [-0.4, -0.2) is 28.3 Å². The Bertz CT molecular complexity index is 1070. The molecule has 0 amide bonds. The zero-order valence-corrected chi connectivity index (χ0v) is 22.3. The molecule has 3 heteroatoms. The van der Waals surface area contributed by atoms with Crippen LogP contribution in [0.1, 0.15) is 96.6 Å². The molecule has 0 radical (unpaired) electrons. The third-order valence-electron chi connectivity index (χ3n) is 10.5. The van der Waals surface area contributed by atoms with Crippen LogP contribution < -0.4 is 5.32 Å². The minimum Gasteiger partial charge on any atom is -0.359 e. The van der Waals surface area contributed by atoms with Gasteiger partial charge in [0.15, 0.2) is 0 Å². The van der Waals surface area contributed by atoms with E-state index in [4.69, 9.17) is 4.74 Å². The number of allylic oxidation sites excluding steroid dienone is 2. The molecule has 6 rings (SSSR count). The molecule has 3 heterocycles. The zero-order valence-electron chi connectivity index (χ0n) is 22.3. The highest BCUT2D eigenvalue weighted by Crippen LogP contribution is 2.68. The molecule has 35 heavy (non-hydrogen) atoms. The molecule has 1 aromatic heterocycles. The number of nitrogens with one attached hydrogen (secondary N) is 1. The molecule has 1 N–H and O–H groups in total. The van der Waals surface area contributed by atoms with E-state index in [0.29, 0.717) is 23.4 Å². The minimum absolute atomic E-state index is 0.00369. The van der Waals surface area contributed by atoms with Crippen LogP contribution in [0.5, 0.6) is 0 Å². The van der Waals surface area contributed by atoms with Crippen LogP contribution in [0, 0.1) is 17.3 Å². The molecule has 3 unspecified atom stereocenters. The third kappa shape index (κ3) is 3.72. The van der Waals surface area contributed by atoms with Crippen molar-refractivity contribution in [3.05, 3.63) is 59.0 Å². The van der Waals surface area contributed by atoms with Gasteiger partial charge in [-0.1, -0.05) is 52.0 Å². The molecular formula is C32H44N2O. The average Bonchev–Trinajstić information content (AvgIpc) is 3.34. The molecule has 1 saturated heterocycles. The van der Waals surface area contributed by atoms with Crippen LogP contribution in [0.2, 0.25) is 0 Å². The van der Waals surface area contributed by atoms with E-state index in [9.17, 15) is 0 Å². The van der Waals surface area contributed by atoms with Crippen molar-refractivity contribution in [3.8, 4) is 0 Å². The summed E-state index contributed by atoms with van der Waals surface area (Å²) in [7, 11) is 0. The lowest BCUT2D eigenvalue weighted by atomic mass is 9.58. The maximum atomic E-state index is 7.42. The molecule has 2 spiro atoms. The van der Waals surface area contributed by atoms with Crippen LogP contribution in [-0.2, 0) is 11.2 Å². The molecule has 3 aliphatic carbocycles. The summed E-state index contributed by atoms with van der Waals surface area (Å²) in [4.78, 5) is 4.31. The second-order valence-corrected chi connectivity index (χ2v) is 12.7. The van der Waals surface area contributed by atoms with E-state index in [1.165, 1.54) is 62.5 Å². The standard InChI is InChI=1S/C32H44N2O/c1-5-23-21-33-18-14-24(23)7-6-8-25-10-12-29-30(25,4)15-13-27-19-26-9-11-28(34-22(2)3)20-31(26)16-17-32(27,29)35-31/h6-7,13-14,18-19,21-22,25,28-29,34H,5,8-12,15-17,20H2,1-4H3/b7-6-/t25?,28?,29-,30?,31-,32-/m1/s1. The lowest BCUT2D eigenvalue weighted by Crippen LogP contribution is -2.55. The van der Waals surface area contributed by atoms with E-state index < -0.39 is 0 Å². The van der Waals surface area contributed by atoms with Gasteiger partial charge in [-0.3, -0.25) is 4.98 Å². The molecule has 2 bridgehead atoms. The maximum Gasteiger partial charge on any atom is 0.0974 e. The molecule has 3 nitrogen and oxygen atoms in total. The number of fused-ring (bicyclic) bond motifs is 1. The lowest BCUT2D eigenvalue weighted by molar-refractivity contribution is -0.139. The predicted octanol–water partition coefficient (Wildman–Crippen LogP) is 7.19. The minimum atomic E-state index is -0.0326. The van der Waals surface area contributed by atoms with Crippen molar-refractivity contribution in [1.29, 1.82) is 0 Å². The molecule has 188 valence electrons. The van der Waals surface area contributed by atoms with Gasteiger partial charge in [0.2, 0.25) is 0 Å². The Morgan fingerprint density at radius 1 is 1.23 bits per heavy atom. The fourth-order valence-corrected chi connectivity index (χ4v) is 8.76. The van der Waals surface area contributed by atoms with E-state index in [1.807, 2.05) is 12.4 Å². The fraction of sp³-hybridized carbons (Fsp3) is 0.656. The van der Waals surface area contributed by atoms with E-state index in [2.05, 4.69) is 68.4 Å². The average molecular weight is 473 g/mol. The molecule has 5 aliphatic rings.